The van der Waals surface area contributed by atoms with Crippen molar-refractivity contribution in [1.29, 1.82) is 0 Å². The lowest BCUT2D eigenvalue weighted by atomic mass is 9.96. The number of primary amides is 1. The lowest BCUT2D eigenvalue weighted by Gasteiger charge is -2.30. The minimum absolute atomic E-state index is 0.0408. The van der Waals surface area contributed by atoms with Crippen molar-refractivity contribution in [2.24, 2.45) is 11.7 Å². The number of anilines is 1. The van der Waals surface area contributed by atoms with Crippen molar-refractivity contribution in [3.05, 3.63) is 64.7 Å². The summed E-state index contributed by atoms with van der Waals surface area (Å²) in [5, 5.41) is 3.00. The summed E-state index contributed by atoms with van der Waals surface area (Å²) in [6, 6.07) is 14.5. The van der Waals surface area contributed by atoms with Crippen LogP contribution in [0.3, 0.4) is 0 Å². The largest absolute Gasteiger partial charge is 0.369 e. The van der Waals surface area contributed by atoms with E-state index >= 15 is 0 Å². The molecule has 0 radical (unpaired) electrons. The number of nitrogens with zero attached hydrogens (tertiary/aromatic N) is 1. The second-order valence-electron chi connectivity index (χ2n) is 8.44. The van der Waals surface area contributed by atoms with Gasteiger partial charge >= 0.3 is 0 Å². The molecule has 0 unspecified atom stereocenters. The fourth-order valence-corrected chi connectivity index (χ4v) is 4.08. The number of likely N-dealkylation sites (tertiary alicyclic amines) is 1. The number of amides is 2. The maximum absolute atomic E-state index is 12.3. The number of aryl methyl sites for hydroxylation is 3. The standard InChI is InChI=1S/C25H33N3O2/c1-18-3-6-21(19(2)17-18)7-10-24(29)27-23-8-4-20(5-9-23)11-14-28-15-12-22(13-16-28)25(26)30/h3-6,8-9,17,22H,7,10-16H2,1-2H3,(H2,26,30)(H,27,29). The molecular weight excluding hydrogens is 374 g/mol. The van der Waals surface area contributed by atoms with Crippen molar-refractivity contribution in [3.8, 4) is 0 Å². The first-order valence-electron chi connectivity index (χ1n) is 10.9. The van der Waals surface area contributed by atoms with Crippen LogP contribution in [-0.2, 0) is 22.4 Å². The summed E-state index contributed by atoms with van der Waals surface area (Å²) < 4.78 is 0. The van der Waals surface area contributed by atoms with Crippen molar-refractivity contribution in [2.45, 2.75) is 46.0 Å². The van der Waals surface area contributed by atoms with Gasteiger partial charge in [-0.3, -0.25) is 9.59 Å². The number of carbonyl (C=O) groups excluding carboxylic acids is 2. The third kappa shape index (κ3) is 6.42. The highest BCUT2D eigenvalue weighted by atomic mass is 16.2. The van der Waals surface area contributed by atoms with E-state index < -0.39 is 0 Å². The number of hydrogen-bond acceptors (Lipinski definition) is 3. The molecule has 1 aliphatic heterocycles. The molecule has 2 aromatic carbocycles. The molecule has 0 atom stereocenters. The topological polar surface area (TPSA) is 75.4 Å². The summed E-state index contributed by atoms with van der Waals surface area (Å²) in [4.78, 5) is 26.0. The molecule has 0 aliphatic carbocycles. The fraction of sp³-hybridized carbons (Fsp3) is 0.440. The predicted molar refractivity (Wildman–Crippen MR) is 121 cm³/mol. The summed E-state index contributed by atoms with van der Waals surface area (Å²) >= 11 is 0. The van der Waals surface area contributed by atoms with Gasteiger partial charge in [0.05, 0.1) is 0 Å². The minimum atomic E-state index is -0.165. The van der Waals surface area contributed by atoms with E-state index in [2.05, 4.69) is 54.4 Å². The van der Waals surface area contributed by atoms with Crippen LogP contribution in [0.5, 0.6) is 0 Å². The summed E-state index contributed by atoms with van der Waals surface area (Å²) in [5.74, 6) is -0.0830. The summed E-state index contributed by atoms with van der Waals surface area (Å²) in [5.41, 5.74) is 11.2. The fourth-order valence-electron chi connectivity index (χ4n) is 4.08. The van der Waals surface area contributed by atoms with Gasteiger partial charge < -0.3 is 16.0 Å². The number of carbonyl (C=O) groups is 2. The van der Waals surface area contributed by atoms with E-state index in [0.29, 0.717) is 6.42 Å². The molecule has 5 heteroatoms. The Bertz CT molecular complexity index is 868. The van der Waals surface area contributed by atoms with Crippen LogP contribution in [-0.4, -0.2) is 36.3 Å². The lowest BCUT2D eigenvalue weighted by Crippen LogP contribution is -2.39. The molecule has 3 rings (SSSR count). The van der Waals surface area contributed by atoms with E-state index in [1.54, 1.807) is 0 Å². The smallest absolute Gasteiger partial charge is 0.224 e. The normalized spacial score (nSPS) is 15.1. The average molecular weight is 408 g/mol. The Hall–Kier alpha value is -2.66. The van der Waals surface area contributed by atoms with Crippen LogP contribution in [0.4, 0.5) is 5.69 Å². The lowest BCUT2D eigenvalue weighted by molar-refractivity contribution is -0.123. The van der Waals surface area contributed by atoms with Gasteiger partial charge in [0.1, 0.15) is 0 Å². The third-order valence-electron chi connectivity index (χ3n) is 6.06. The Kier molecular flexibility index (Phi) is 7.63. The summed E-state index contributed by atoms with van der Waals surface area (Å²) in [6.45, 7) is 7.02. The molecule has 0 aromatic heterocycles. The zero-order valence-corrected chi connectivity index (χ0v) is 18.1. The molecule has 2 aromatic rings. The van der Waals surface area contributed by atoms with Crippen LogP contribution < -0.4 is 11.1 Å². The summed E-state index contributed by atoms with van der Waals surface area (Å²) in [6.07, 6.45) is 3.92. The maximum atomic E-state index is 12.3. The molecule has 1 saturated heterocycles. The van der Waals surface area contributed by atoms with E-state index in [-0.39, 0.29) is 17.7 Å². The van der Waals surface area contributed by atoms with Crippen LogP contribution >= 0.6 is 0 Å². The molecular formula is C25H33N3O2. The van der Waals surface area contributed by atoms with Gasteiger partial charge in [0, 0.05) is 24.6 Å². The van der Waals surface area contributed by atoms with Crippen molar-refractivity contribution < 1.29 is 9.59 Å². The van der Waals surface area contributed by atoms with E-state index in [0.717, 1.165) is 51.0 Å². The second kappa shape index (κ2) is 10.4. The first kappa shape index (κ1) is 22.0. The van der Waals surface area contributed by atoms with Gasteiger partial charge in [0.2, 0.25) is 11.8 Å². The number of nitrogens with one attached hydrogen (secondary N) is 1. The number of nitrogens with two attached hydrogens (primary N) is 1. The van der Waals surface area contributed by atoms with Gasteiger partial charge in [-0.2, -0.15) is 0 Å². The molecule has 0 bridgehead atoms. The molecule has 2 amide bonds. The molecule has 30 heavy (non-hydrogen) atoms. The van der Waals surface area contributed by atoms with Crippen LogP contribution in [0, 0.1) is 19.8 Å². The number of rotatable bonds is 8. The van der Waals surface area contributed by atoms with E-state index in [4.69, 9.17) is 5.73 Å². The highest BCUT2D eigenvalue weighted by Crippen LogP contribution is 2.18. The van der Waals surface area contributed by atoms with Crippen molar-refractivity contribution in [2.75, 3.05) is 25.0 Å². The van der Waals surface area contributed by atoms with Gasteiger partial charge in [0.15, 0.2) is 0 Å². The monoisotopic (exact) mass is 407 g/mol. The van der Waals surface area contributed by atoms with Crippen molar-refractivity contribution in [1.82, 2.24) is 4.90 Å². The van der Waals surface area contributed by atoms with Gasteiger partial charge in [0.25, 0.3) is 0 Å². The molecule has 1 aliphatic rings. The Labute approximate surface area is 179 Å². The number of benzene rings is 2. The molecule has 0 spiro atoms. The molecule has 5 nitrogen and oxygen atoms in total. The number of hydrogen-bond donors (Lipinski definition) is 2. The highest BCUT2D eigenvalue weighted by molar-refractivity contribution is 5.90. The Morgan fingerprint density at radius 1 is 1.03 bits per heavy atom. The highest BCUT2D eigenvalue weighted by Gasteiger charge is 2.22. The van der Waals surface area contributed by atoms with Crippen LogP contribution in [0.25, 0.3) is 0 Å². The predicted octanol–water partition coefficient (Wildman–Crippen LogP) is 3.61. The van der Waals surface area contributed by atoms with Crippen LogP contribution in [0.1, 0.15) is 41.5 Å². The van der Waals surface area contributed by atoms with E-state index in [9.17, 15) is 9.59 Å². The van der Waals surface area contributed by atoms with Gasteiger partial charge in [-0.1, -0.05) is 35.9 Å². The average Bonchev–Trinajstić information content (AvgIpc) is 2.73. The minimum Gasteiger partial charge on any atom is -0.369 e. The Morgan fingerprint density at radius 2 is 1.73 bits per heavy atom. The maximum Gasteiger partial charge on any atom is 0.224 e. The summed E-state index contributed by atoms with van der Waals surface area (Å²) in [7, 11) is 0. The molecule has 160 valence electrons. The first-order chi connectivity index (χ1) is 14.4. The molecule has 1 fully saturated rings. The van der Waals surface area contributed by atoms with Crippen molar-refractivity contribution in [3.63, 3.8) is 0 Å². The third-order valence-corrected chi connectivity index (χ3v) is 6.06. The quantitative estimate of drug-likeness (QED) is 0.702. The van der Waals surface area contributed by atoms with Gasteiger partial charge in [-0.15, -0.1) is 0 Å². The second-order valence-corrected chi connectivity index (χ2v) is 8.44. The zero-order chi connectivity index (χ0) is 21.5. The van der Waals surface area contributed by atoms with Crippen LogP contribution in [0.2, 0.25) is 0 Å². The van der Waals surface area contributed by atoms with Gasteiger partial charge in [-0.05, 0) is 81.4 Å². The molecule has 3 N–H and O–H groups in total. The van der Waals surface area contributed by atoms with E-state index in [1.807, 2.05) is 12.1 Å². The molecule has 1 heterocycles. The Morgan fingerprint density at radius 3 is 2.37 bits per heavy atom. The van der Waals surface area contributed by atoms with Gasteiger partial charge in [-0.25, -0.2) is 0 Å². The molecule has 0 saturated carbocycles. The Balaban J connectivity index is 1.40. The first-order valence-corrected chi connectivity index (χ1v) is 10.9. The zero-order valence-electron chi connectivity index (χ0n) is 18.1. The van der Waals surface area contributed by atoms with E-state index in [1.165, 1.54) is 22.3 Å². The van der Waals surface area contributed by atoms with Crippen molar-refractivity contribution >= 4 is 17.5 Å². The van der Waals surface area contributed by atoms with Crippen LogP contribution in [0.15, 0.2) is 42.5 Å². The SMILES string of the molecule is Cc1ccc(CCC(=O)Nc2ccc(CCN3CCC(C(N)=O)CC3)cc2)c(C)c1. The number of piperidine rings is 1.